The Balaban J connectivity index is 2.68. The molecule has 0 aliphatic carbocycles. The van der Waals surface area contributed by atoms with Gasteiger partial charge in [0.05, 0.1) is 5.56 Å². The monoisotopic (exact) mass is 274 g/mol. The van der Waals surface area contributed by atoms with Gasteiger partial charge in [0.25, 0.3) is 0 Å². The molecule has 0 atom stereocenters. The fourth-order valence-corrected chi connectivity index (χ4v) is 1.46. The highest BCUT2D eigenvalue weighted by Gasteiger charge is 2.11. The Morgan fingerprint density at radius 3 is 2.93 bits per heavy atom. The van der Waals surface area contributed by atoms with Crippen molar-refractivity contribution in [3.8, 4) is 0 Å². The van der Waals surface area contributed by atoms with E-state index in [0.29, 0.717) is 11.1 Å². The molecule has 0 fully saturated rings. The molecule has 0 N–H and O–H groups in total. The number of benzene rings is 1. The largest absolute Gasteiger partial charge is 0.373 e. The zero-order valence-corrected chi connectivity index (χ0v) is 10.0. The van der Waals surface area contributed by atoms with E-state index in [0.717, 1.165) is 6.42 Å². The van der Waals surface area contributed by atoms with E-state index in [2.05, 4.69) is 15.9 Å². The summed E-state index contributed by atoms with van der Waals surface area (Å²) in [6.45, 7) is 2.40. The van der Waals surface area contributed by atoms with Gasteiger partial charge in [0.1, 0.15) is 12.4 Å². The Labute approximate surface area is 96.6 Å². The molecule has 82 valence electrons. The second kappa shape index (κ2) is 5.98. The smallest absolute Gasteiger partial charge is 0.191 e. The molecule has 0 saturated carbocycles. The van der Waals surface area contributed by atoms with Crippen LogP contribution in [-0.4, -0.2) is 19.0 Å². The van der Waals surface area contributed by atoms with Gasteiger partial charge in [0.2, 0.25) is 0 Å². The number of ketones is 1. The van der Waals surface area contributed by atoms with Gasteiger partial charge in [-0.1, -0.05) is 22.9 Å². The van der Waals surface area contributed by atoms with Crippen LogP contribution in [-0.2, 0) is 4.74 Å². The first-order valence-corrected chi connectivity index (χ1v) is 5.50. The lowest BCUT2D eigenvalue weighted by atomic mass is 10.1. The van der Waals surface area contributed by atoms with Gasteiger partial charge in [0, 0.05) is 11.1 Å². The van der Waals surface area contributed by atoms with Crippen molar-refractivity contribution in [1.82, 2.24) is 0 Å². The molecule has 0 amide bonds. The molecule has 1 rings (SSSR count). The molecular weight excluding hydrogens is 263 g/mol. The van der Waals surface area contributed by atoms with Gasteiger partial charge in [-0.25, -0.2) is 4.39 Å². The molecule has 0 aliphatic rings. The lowest BCUT2D eigenvalue weighted by molar-refractivity contribution is 0.0757. The van der Waals surface area contributed by atoms with Crippen LogP contribution >= 0.6 is 15.9 Å². The zero-order chi connectivity index (χ0) is 11.3. The van der Waals surface area contributed by atoms with E-state index in [1.54, 1.807) is 6.07 Å². The first kappa shape index (κ1) is 12.3. The maximum absolute atomic E-state index is 13.2. The van der Waals surface area contributed by atoms with Crippen molar-refractivity contribution in [2.24, 2.45) is 0 Å². The third-order valence-electron chi connectivity index (χ3n) is 1.81. The van der Waals surface area contributed by atoms with E-state index >= 15 is 0 Å². The first-order chi connectivity index (χ1) is 7.15. The summed E-state index contributed by atoms with van der Waals surface area (Å²) in [5.41, 5.74) is 0.0699. The summed E-state index contributed by atoms with van der Waals surface area (Å²) in [4.78, 5) is 11.5. The number of carbonyl (C=O) groups is 1. The molecule has 0 bridgehead atoms. The maximum Gasteiger partial charge on any atom is 0.191 e. The van der Waals surface area contributed by atoms with Crippen LogP contribution in [0.15, 0.2) is 22.7 Å². The summed E-state index contributed by atoms with van der Waals surface area (Å²) in [5, 5.41) is 0. The van der Waals surface area contributed by atoms with E-state index in [4.69, 9.17) is 4.74 Å². The van der Waals surface area contributed by atoms with Gasteiger partial charge < -0.3 is 4.74 Å². The SMILES string of the molecule is CCCOCC(=O)c1cc(Br)ccc1F. The average Bonchev–Trinajstić information content (AvgIpc) is 2.22. The molecule has 0 heterocycles. The van der Waals surface area contributed by atoms with Crippen molar-refractivity contribution < 1.29 is 13.9 Å². The lowest BCUT2D eigenvalue weighted by Crippen LogP contribution is -2.11. The molecule has 1 aromatic rings. The Hall–Kier alpha value is -0.740. The second-order valence-electron chi connectivity index (χ2n) is 3.10. The van der Waals surface area contributed by atoms with E-state index in [9.17, 15) is 9.18 Å². The van der Waals surface area contributed by atoms with Crippen LogP contribution < -0.4 is 0 Å². The van der Waals surface area contributed by atoms with Crippen LogP contribution in [0.25, 0.3) is 0 Å². The summed E-state index contributed by atoms with van der Waals surface area (Å²) >= 11 is 3.19. The van der Waals surface area contributed by atoms with E-state index in [-0.39, 0.29) is 18.0 Å². The third kappa shape index (κ3) is 3.72. The summed E-state index contributed by atoms with van der Waals surface area (Å²) in [6.07, 6.45) is 0.842. The molecule has 0 aliphatic heterocycles. The summed E-state index contributed by atoms with van der Waals surface area (Å²) in [6, 6.07) is 4.28. The van der Waals surface area contributed by atoms with Crippen LogP contribution in [0, 0.1) is 5.82 Å². The highest BCUT2D eigenvalue weighted by atomic mass is 79.9. The van der Waals surface area contributed by atoms with Crippen molar-refractivity contribution in [1.29, 1.82) is 0 Å². The fraction of sp³-hybridized carbons (Fsp3) is 0.364. The van der Waals surface area contributed by atoms with E-state index < -0.39 is 5.82 Å². The Morgan fingerprint density at radius 2 is 2.27 bits per heavy atom. The van der Waals surface area contributed by atoms with Crippen LogP contribution in [0.5, 0.6) is 0 Å². The van der Waals surface area contributed by atoms with Gasteiger partial charge in [-0.2, -0.15) is 0 Å². The van der Waals surface area contributed by atoms with E-state index in [1.165, 1.54) is 12.1 Å². The van der Waals surface area contributed by atoms with Gasteiger partial charge in [0.15, 0.2) is 5.78 Å². The molecule has 0 spiro atoms. The van der Waals surface area contributed by atoms with Crippen LogP contribution in [0.3, 0.4) is 0 Å². The van der Waals surface area contributed by atoms with Crippen molar-refractivity contribution >= 4 is 21.7 Å². The summed E-state index contributed by atoms with van der Waals surface area (Å²) < 4.78 is 19.0. The third-order valence-corrected chi connectivity index (χ3v) is 2.30. The molecule has 2 nitrogen and oxygen atoms in total. The Bertz CT molecular complexity index is 352. The van der Waals surface area contributed by atoms with Gasteiger partial charge in [-0.15, -0.1) is 0 Å². The number of Topliss-reactive ketones (excluding diaryl/α,β-unsaturated/α-hetero) is 1. The molecule has 1 aromatic carbocycles. The lowest BCUT2D eigenvalue weighted by Gasteiger charge is -2.03. The zero-order valence-electron chi connectivity index (χ0n) is 8.43. The molecular formula is C11H12BrFO2. The van der Waals surface area contributed by atoms with E-state index in [1.807, 2.05) is 6.92 Å². The number of carbonyl (C=O) groups excluding carboxylic acids is 1. The number of hydrogen-bond acceptors (Lipinski definition) is 2. The molecule has 0 aromatic heterocycles. The average molecular weight is 275 g/mol. The topological polar surface area (TPSA) is 26.3 Å². The Morgan fingerprint density at radius 1 is 1.53 bits per heavy atom. The highest BCUT2D eigenvalue weighted by molar-refractivity contribution is 9.10. The molecule has 0 saturated heterocycles. The molecule has 15 heavy (non-hydrogen) atoms. The van der Waals surface area contributed by atoms with Crippen molar-refractivity contribution in [2.75, 3.05) is 13.2 Å². The second-order valence-corrected chi connectivity index (χ2v) is 4.02. The standard InChI is InChI=1S/C11H12BrFO2/c1-2-5-15-7-11(14)9-6-8(12)3-4-10(9)13/h3-4,6H,2,5,7H2,1H3. The fourth-order valence-electron chi connectivity index (χ4n) is 1.10. The maximum atomic E-state index is 13.2. The van der Waals surface area contributed by atoms with Gasteiger partial charge >= 0.3 is 0 Å². The number of ether oxygens (including phenoxy) is 1. The minimum atomic E-state index is -0.511. The van der Waals surface area contributed by atoms with Crippen LogP contribution in [0.2, 0.25) is 0 Å². The Kier molecular flexibility index (Phi) is 4.91. The minimum absolute atomic E-state index is 0.0682. The predicted octanol–water partition coefficient (Wildman–Crippen LogP) is 3.20. The number of hydrogen-bond donors (Lipinski definition) is 0. The minimum Gasteiger partial charge on any atom is -0.373 e. The van der Waals surface area contributed by atoms with Crippen molar-refractivity contribution in [2.45, 2.75) is 13.3 Å². The van der Waals surface area contributed by atoms with Crippen molar-refractivity contribution in [3.63, 3.8) is 0 Å². The van der Waals surface area contributed by atoms with Crippen molar-refractivity contribution in [3.05, 3.63) is 34.1 Å². The number of halogens is 2. The first-order valence-electron chi connectivity index (χ1n) is 4.71. The van der Waals surface area contributed by atoms with Gasteiger partial charge in [-0.3, -0.25) is 4.79 Å². The molecule has 0 radical (unpaired) electrons. The van der Waals surface area contributed by atoms with Crippen LogP contribution in [0.1, 0.15) is 23.7 Å². The predicted molar refractivity (Wildman–Crippen MR) is 59.5 cm³/mol. The normalized spacial score (nSPS) is 10.3. The summed E-state index contributed by atoms with van der Waals surface area (Å²) in [7, 11) is 0. The van der Waals surface area contributed by atoms with Gasteiger partial charge in [-0.05, 0) is 24.6 Å². The highest BCUT2D eigenvalue weighted by Crippen LogP contribution is 2.16. The molecule has 4 heteroatoms. The van der Waals surface area contributed by atoms with Crippen LogP contribution in [0.4, 0.5) is 4.39 Å². The quantitative estimate of drug-likeness (QED) is 0.609. The summed E-state index contributed by atoms with van der Waals surface area (Å²) in [5.74, 6) is -0.842. The molecule has 0 unspecified atom stereocenters. The number of rotatable bonds is 5.